The van der Waals surface area contributed by atoms with E-state index in [2.05, 4.69) is 5.32 Å². The summed E-state index contributed by atoms with van der Waals surface area (Å²) >= 11 is 7.77. The zero-order valence-electron chi connectivity index (χ0n) is 11.4. The molecule has 3 rings (SSSR count). The Morgan fingerprint density at radius 2 is 2.30 bits per heavy atom. The van der Waals surface area contributed by atoms with Gasteiger partial charge in [-0.2, -0.15) is 0 Å². The van der Waals surface area contributed by atoms with E-state index >= 15 is 0 Å². The molecule has 106 valence electrons. The molecule has 1 heterocycles. The number of halogens is 1. The number of aromatic nitrogens is 1. The van der Waals surface area contributed by atoms with Crippen molar-refractivity contribution in [3.8, 4) is 10.6 Å². The van der Waals surface area contributed by atoms with Crippen LogP contribution in [0.3, 0.4) is 0 Å². The van der Waals surface area contributed by atoms with Crippen molar-refractivity contribution in [2.75, 3.05) is 7.11 Å². The molecule has 1 aliphatic carbocycles. The summed E-state index contributed by atoms with van der Waals surface area (Å²) in [4.78, 5) is 5.96. The van der Waals surface area contributed by atoms with Crippen LogP contribution in [0.2, 0.25) is 5.02 Å². The number of benzene rings is 1. The first-order valence-electron chi connectivity index (χ1n) is 6.73. The molecule has 1 aliphatic rings. The van der Waals surface area contributed by atoms with Crippen LogP contribution < -0.4 is 5.32 Å². The zero-order valence-corrected chi connectivity index (χ0v) is 12.9. The number of methoxy groups -OCH3 is 1. The summed E-state index contributed by atoms with van der Waals surface area (Å²) in [5, 5.41) is 5.28. The molecule has 3 nitrogen and oxygen atoms in total. The van der Waals surface area contributed by atoms with E-state index in [4.69, 9.17) is 21.3 Å². The lowest BCUT2D eigenvalue weighted by Crippen LogP contribution is -2.15. The minimum Gasteiger partial charge on any atom is -0.378 e. The Kier molecular flexibility index (Phi) is 4.36. The van der Waals surface area contributed by atoms with Crippen LogP contribution in [0.4, 0.5) is 0 Å². The molecule has 1 saturated carbocycles. The molecule has 0 atom stereocenters. The Balaban J connectivity index is 1.84. The Labute approximate surface area is 127 Å². The van der Waals surface area contributed by atoms with Crippen LogP contribution in [0, 0.1) is 0 Å². The monoisotopic (exact) mass is 308 g/mol. The van der Waals surface area contributed by atoms with Crippen LogP contribution in [-0.4, -0.2) is 18.1 Å². The average molecular weight is 309 g/mol. The van der Waals surface area contributed by atoms with Gasteiger partial charge < -0.3 is 10.1 Å². The van der Waals surface area contributed by atoms with Gasteiger partial charge >= 0.3 is 0 Å². The van der Waals surface area contributed by atoms with Crippen molar-refractivity contribution in [1.29, 1.82) is 0 Å². The van der Waals surface area contributed by atoms with Gasteiger partial charge in [-0.3, -0.25) is 0 Å². The van der Waals surface area contributed by atoms with Gasteiger partial charge in [0.25, 0.3) is 0 Å². The molecule has 0 aliphatic heterocycles. The largest absolute Gasteiger partial charge is 0.378 e. The maximum atomic E-state index is 6.05. The van der Waals surface area contributed by atoms with Crippen molar-refractivity contribution in [2.24, 2.45) is 0 Å². The number of thiazole rings is 1. The summed E-state index contributed by atoms with van der Waals surface area (Å²) in [6.45, 7) is 1.43. The van der Waals surface area contributed by atoms with Crippen LogP contribution in [0.1, 0.15) is 23.4 Å². The minimum atomic E-state index is 0.554. The van der Waals surface area contributed by atoms with E-state index in [9.17, 15) is 0 Å². The SMILES string of the molecule is COCc1nc(-c2cccc(Cl)c2)sc1CNC1CC1. The Bertz CT molecular complexity index is 595. The molecule has 1 aromatic carbocycles. The maximum absolute atomic E-state index is 6.05. The fourth-order valence-corrected chi connectivity index (χ4v) is 3.24. The van der Waals surface area contributed by atoms with Crippen molar-refractivity contribution < 1.29 is 4.74 Å². The van der Waals surface area contributed by atoms with E-state index in [0.29, 0.717) is 12.6 Å². The van der Waals surface area contributed by atoms with Gasteiger partial charge in [-0.15, -0.1) is 11.3 Å². The smallest absolute Gasteiger partial charge is 0.124 e. The number of nitrogens with one attached hydrogen (secondary N) is 1. The number of hydrogen-bond acceptors (Lipinski definition) is 4. The highest BCUT2D eigenvalue weighted by molar-refractivity contribution is 7.15. The third-order valence-corrected chi connectivity index (χ3v) is 4.64. The van der Waals surface area contributed by atoms with Gasteiger partial charge in [-0.25, -0.2) is 4.98 Å². The highest BCUT2D eigenvalue weighted by Gasteiger charge is 2.21. The van der Waals surface area contributed by atoms with Gasteiger partial charge in [0, 0.05) is 35.2 Å². The summed E-state index contributed by atoms with van der Waals surface area (Å²) in [5.74, 6) is 0. The van der Waals surface area contributed by atoms with Gasteiger partial charge in [0.1, 0.15) is 5.01 Å². The standard InChI is InChI=1S/C15H17ClN2OS/c1-19-9-13-14(8-17-12-5-6-12)20-15(18-13)10-3-2-4-11(16)7-10/h2-4,7,12,17H,5-6,8-9H2,1H3. The van der Waals surface area contributed by atoms with Crippen molar-refractivity contribution in [3.05, 3.63) is 39.9 Å². The molecular formula is C15H17ClN2OS. The molecule has 2 aromatic rings. The topological polar surface area (TPSA) is 34.1 Å². The first kappa shape index (κ1) is 14.0. The molecular weight excluding hydrogens is 292 g/mol. The summed E-state index contributed by atoms with van der Waals surface area (Å²) in [5.41, 5.74) is 2.10. The second-order valence-electron chi connectivity index (χ2n) is 4.99. The van der Waals surface area contributed by atoms with Crippen molar-refractivity contribution in [1.82, 2.24) is 10.3 Å². The highest BCUT2D eigenvalue weighted by atomic mass is 35.5. The molecule has 1 N–H and O–H groups in total. The molecule has 0 bridgehead atoms. The van der Waals surface area contributed by atoms with Gasteiger partial charge in [-0.05, 0) is 25.0 Å². The van der Waals surface area contributed by atoms with E-state index in [1.54, 1.807) is 18.4 Å². The molecule has 20 heavy (non-hydrogen) atoms. The molecule has 0 spiro atoms. The fourth-order valence-electron chi connectivity index (χ4n) is 2.04. The Morgan fingerprint density at radius 1 is 1.45 bits per heavy atom. The van der Waals surface area contributed by atoms with Crippen molar-refractivity contribution >= 4 is 22.9 Å². The molecule has 1 fully saturated rings. The predicted octanol–water partition coefficient (Wildman–Crippen LogP) is 3.86. The third kappa shape index (κ3) is 3.38. The first-order valence-corrected chi connectivity index (χ1v) is 7.92. The van der Waals surface area contributed by atoms with Crippen LogP contribution in [0.15, 0.2) is 24.3 Å². The van der Waals surface area contributed by atoms with Crippen molar-refractivity contribution in [3.63, 3.8) is 0 Å². The molecule has 5 heteroatoms. The number of hydrogen-bond donors (Lipinski definition) is 1. The summed E-state index contributed by atoms with van der Waals surface area (Å²) < 4.78 is 5.25. The Morgan fingerprint density at radius 3 is 3.00 bits per heavy atom. The lowest BCUT2D eigenvalue weighted by molar-refractivity contribution is 0.181. The first-order chi connectivity index (χ1) is 9.76. The van der Waals surface area contributed by atoms with Crippen LogP contribution in [0.25, 0.3) is 10.6 Å². The zero-order chi connectivity index (χ0) is 13.9. The van der Waals surface area contributed by atoms with Crippen LogP contribution in [-0.2, 0) is 17.9 Å². The van der Waals surface area contributed by atoms with Crippen LogP contribution >= 0.6 is 22.9 Å². The second kappa shape index (κ2) is 6.22. The van der Waals surface area contributed by atoms with E-state index in [1.807, 2.05) is 24.3 Å². The summed E-state index contributed by atoms with van der Waals surface area (Å²) in [6.07, 6.45) is 2.58. The van der Waals surface area contributed by atoms with Gasteiger partial charge in [0.15, 0.2) is 0 Å². The minimum absolute atomic E-state index is 0.554. The van der Waals surface area contributed by atoms with E-state index in [0.717, 1.165) is 27.8 Å². The molecule has 0 saturated heterocycles. The Hall–Kier alpha value is -0.940. The van der Waals surface area contributed by atoms with E-state index < -0.39 is 0 Å². The maximum Gasteiger partial charge on any atom is 0.124 e. The number of rotatable bonds is 6. The predicted molar refractivity (Wildman–Crippen MR) is 83.1 cm³/mol. The quantitative estimate of drug-likeness (QED) is 0.880. The van der Waals surface area contributed by atoms with E-state index in [-0.39, 0.29) is 0 Å². The molecule has 1 aromatic heterocycles. The molecule has 0 radical (unpaired) electrons. The van der Waals surface area contributed by atoms with Gasteiger partial charge in [0.05, 0.1) is 12.3 Å². The molecule has 0 amide bonds. The lowest BCUT2D eigenvalue weighted by Gasteiger charge is -2.02. The highest BCUT2D eigenvalue weighted by Crippen LogP contribution is 2.30. The summed E-state index contributed by atoms with van der Waals surface area (Å²) in [7, 11) is 1.70. The fraction of sp³-hybridized carbons (Fsp3) is 0.400. The van der Waals surface area contributed by atoms with Crippen molar-refractivity contribution in [2.45, 2.75) is 32.0 Å². The normalized spacial score (nSPS) is 14.7. The van der Waals surface area contributed by atoms with E-state index in [1.165, 1.54) is 17.7 Å². The second-order valence-corrected chi connectivity index (χ2v) is 6.51. The average Bonchev–Trinajstić information content (AvgIpc) is 3.18. The number of nitrogens with zero attached hydrogens (tertiary/aromatic N) is 1. The van der Waals surface area contributed by atoms with Gasteiger partial charge in [0.2, 0.25) is 0 Å². The summed E-state index contributed by atoms with van der Waals surface area (Å²) in [6, 6.07) is 8.53. The van der Waals surface area contributed by atoms with Crippen LogP contribution in [0.5, 0.6) is 0 Å². The third-order valence-electron chi connectivity index (χ3n) is 3.26. The van der Waals surface area contributed by atoms with Gasteiger partial charge in [-0.1, -0.05) is 23.7 Å². The lowest BCUT2D eigenvalue weighted by atomic mass is 10.2. The molecule has 0 unspecified atom stereocenters. The number of ether oxygens (including phenoxy) is 1.